The number of ether oxygens (including phenoxy) is 1. The maximum absolute atomic E-state index is 10.5. The Bertz CT molecular complexity index is 794. The van der Waals surface area contributed by atoms with Crippen molar-refractivity contribution in [2.24, 2.45) is 4.99 Å². The van der Waals surface area contributed by atoms with E-state index in [4.69, 9.17) is 9.73 Å². The Labute approximate surface area is 204 Å². The van der Waals surface area contributed by atoms with Crippen LogP contribution in [-0.4, -0.2) is 49.3 Å². The number of nitrogens with one attached hydrogen (secondary N) is 2. The first-order chi connectivity index (χ1) is 14.4. The average Bonchev–Trinajstić information content (AvgIpc) is 2.70. The summed E-state index contributed by atoms with van der Waals surface area (Å²) < 4.78 is 5.66. The Morgan fingerprint density at radius 1 is 1.03 bits per heavy atom. The normalized spacial score (nSPS) is 12.5. The zero-order chi connectivity index (χ0) is 21.9. The minimum atomic E-state index is -0.636. The third kappa shape index (κ3) is 9.88. The van der Waals surface area contributed by atoms with Crippen LogP contribution in [-0.2, 0) is 13.1 Å². The van der Waals surface area contributed by atoms with Gasteiger partial charge in [0.15, 0.2) is 5.96 Å². The highest BCUT2D eigenvalue weighted by Gasteiger charge is 2.10. The maximum atomic E-state index is 10.5. The molecular weight excluding hydrogens is 503 g/mol. The Balaban J connectivity index is 0.00000480. The number of nitrogens with zero attached hydrogens (tertiary/aromatic N) is 2. The second kappa shape index (κ2) is 14.3. The van der Waals surface area contributed by atoms with Gasteiger partial charge in [0.1, 0.15) is 5.75 Å². The average molecular weight is 540 g/mol. The van der Waals surface area contributed by atoms with Crippen LogP contribution in [0.15, 0.2) is 53.5 Å². The summed E-state index contributed by atoms with van der Waals surface area (Å²) in [5.74, 6) is 1.50. The van der Waals surface area contributed by atoms with Gasteiger partial charge < -0.3 is 25.4 Å². The number of aliphatic hydroxyl groups excluding tert-OH is 1. The Kier molecular flexibility index (Phi) is 12.5. The largest absolute Gasteiger partial charge is 0.491 e. The van der Waals surface area contributed by atoms with Gasteiger partial charge in [0.2, 0.25) is 0 Å². The molecule has 0 heterocycles. The van der Waals surface area contributed by atoms with Crippen LogP contribution < -0.4 is 15.4 Å². The van der Waals surface area contributed by atoms with Crippen molar-refractivity contribution in [2.75, 3.05) is 27.2 Å². The summed E-state index contributed by atoms with van der Waals surface area (Å²) in [6.45, 7) is 8.60. The predicted octanol–water partition coefficient (Wildman–Crippen LogP) is 3.94. The van der Waals surface area contributed by atoms with Crippen LogP contribution in [0.4, 0.5) is 0 Å². The van der Waals surface area contributed by atoms with Crippen molar-refractivity contribution in [3.8, 4) is 5.75 Å². The van der Waals surface area contributed by atoms with Gasteiger partial charge in [-0.15, -0.1) is 24.0 Å². The van der Waals surface area contributed by atoms with Crippen molar-refractivity contribution in [1.29, 1.82) is 0 Å². The number of guanidine groups is 1. The highest BCUT2D eigenvalue weighted by atomic mass is 127. The lowest BCUT2D eigenvalue weighted by Crippen LogP contribution is -2.39. The lowest BCUT2D eigenvalue weighted by molar-refractivity contribution is 0.180. The van der Waals surface area contributed by atoms with E-state index in [0.717, 1.165) is 24.4 Å². The molecule has 0 amide bonds. The fourth-order valence-electron chi connectivity index (χ4n) is 3.06. The Hall–Kier alpha value is -1.84. The summed E-state index contributed by atoms with van der Waals surface area (Å²) in [6, 6.07) is 15.9. The van der Waals surface area contributed by atoms with Crippen LogP contribution in [0.1, 0.15) is 43.6 Å². The number of hydrogen-bond acceptors (Lipinski definition) is 4. The van der Waals surface area contributed by atoms with Gasteiger partial charge in [0, 0.05) is 19.6 Å². The van der Waals surface area contributed by atoms with Gasteiger partial charge in [0.05, 0.1) is 18.8 Å². The molecular formula is C24H37IN4O2. The van der Waals surface area contributed by atoms with E-state index >= 15 is 0 Å². The third-order valence-electron chi connectivity index (χ3n) is 4.46. The topological polar surface area (TPSA) is 69.1 Å². The van der Waals surface area contributed by atoms with Crippen molar-refractivity contribution in [3.05, 3.63) is 65.2 Å². The first kappa shape index (κ1) is 27.2. The summed E-state index contributed by atoms with van der Waals surface area (Å²) >= 11 is 0. The molecule has 0 aliphatic carbocycles. The van der Waals surface area contributed by atoms with E-state index in [1.54, 1.807) is 0 Å². The zero-order valence-corrected chi connectivity index (χ0v) is 21.6. The van der Waals surface area contributed by atoms with Gasteiger partial charge in [-0.1, -0.05) is 36.4 Å². The number of rotatable bonds is 10. The SMILES string of the molecule is CCNC(=NCc1ccccc1CN(C)C)NCC(O)c1ccc(OC(C)C)cc1.I. The molecule has 6 nitrogen and oxygen atoms in total. The molecule has 1 atom stereocenters. The van der Waals surface area contributed by atoms with Crippen LogP contribution >= 0.6 is 24.0 Å². The molecule has 31 heavy (non-hydrogen) atoms. The second-order valence-corrected chi connectivity index (χ2v) is 7.83. The van der Waals surface area contributed by atoms with Gasteiger partial charge in [-0.3, -0.25) is 0 Å². The zero-order valence-electron chi connectivity index (χ0n) is 19.3. The predicted molar refractivity (Wildman–Crippen MR) is 139 cm³/mol. The van der Waals surface area contributed by atoms with Crippen molar-refractivity contribution in [3.63, 3.8) is 0 Å². The van der Waals surface area contributed by atoms with E-state index in [-0.39, 0.29) is 30.1 Å². The first-order valence-corrected chi connectivity index (χ1v) is 10.6. The van der Waals surface area contributed by atoms with Gasteiger partial charge in [-0.2, -0.15) is 0 Å². The number of aliphatic hydroxyl groups is 1. The molecule has 0 spiro atoms. The van der Waals surface area contributed by atoms with Crippen LogP contribution in [0.2, 0.25) is 0 Å². The molecule has 0 bridgehead atoms. The molecule has 2 aromatic rings. The number of halogens is 1. The molecule has 0 saturated heterocycles. The standard InChI is InChI=1S/C24H36N4O2.HI/c1-6-25-24(26-15-20-9-7-8-10-21(20)17-28(4)5)27-16-23(29)19-11-13-22(14-12-19)30-18(2)3;/h7-14,18,23,29H,6,15-17H2,1-5H3,(H2,25,26,27);1H. The molecule has 0 saturated carbocycles. The molecule has 0 aromatic heterocycles. The van der Waals surface area contributed by atoms with E-state index in [1.165, 1.54) is 11.1 Å². The molecule has 0 aliphatic heterocycles. The van der Waals surface area contributed by atoms with Gasteiger partial charge in [-0.05, 0) is 63.7 Å². The van der Waals surface area contributed by atoms with Gasteiger partial charge in [-0.25, -0.2) is 4.99 Å². The summed E-state index contributed by atoms with van der Waals surface area (Å²) in [7, 11) is 4.13. The Morgan fingerprint density at radius 2 is 1.68 bits per heavy atom. The van der Waals surface area contributed by atoms with E-state index in [2.05, 4.69) is 47.8 Å². The van der Waals surface area contributed by atoms with Gasteiger partial charge >= 0.3 is 0 Å². The van der Waals surface area contributed by atoms with Crippen LogP contribution in [0.3, 0.4) is 0 Å². The molecule has 2 rings (SSSR count). The monoisotopic (exact) mass is 540 g/mol. The van der Waals surface area contributed by atoms with Crippen LogP contribution in [0.5, 0.6) is 5.75 Å². The molecule has 0 aliphatic rings. The lowest BCUT2D eigenvalue weighted by atomic mass is 10.1. The van der Waals surface area contributed by atoms with Crippen molar-refractivity contribution < 1.29 is 9.84 Å². The van der Waals surface area contributed by atoms with E-state index < -0.39 is 6.10 Å². The highest BCUT2D eigenvalue weighted by Crippen LogP contribution is 2.18. The van der Waals surface area contributed by atoms with Crippen molar-refractivity contribution in [2.45, 2.75) is 46.1 Å². The summed E-state index contributed by atoms with van der Waals surface area (Å²) in [4.78, 5) is 6.86. The number of benzene rings is 2. The number of hydrogen-bond donors (Lipinski definition) is 3. The molecule has 0 radical (unpaired) electrons. The number of aliphatic imine (C=N–C) groups is 1. The molecule has 172 valence electrons. The second-order valence-electron chi connectivity index (χ2n) is 7.83. The third-order valence-corrected chi connectivity index (χ3v) is 4.46. The maximum Gasteiger partial charge on any atom is 0.191 e. The Morgan fingerprint density at radius 3 is 2.26 bits per heavy atom. The summed E-state index contributed by atoms with van der Waals surface area (Å²) in [5, 5.41) is 17.0. The summed E-state index contributed by atoms with van der Waals surface area (Å²) in [5.41, 5.74) is 3.31. The summed E-state index contributed by atoms with van der Waals surface area (Å²) in [6.07, 6.45) is -0.507. The fourth-order valence-corrected chi connectivity index (χ4v) is 3.06. The quantitative estimate of drug-likeness (QED) is 0.242. The fraction of sp³-hybridized carbons (Fsp3) is 0.458. The minimum Gasteiger partial charge on any atom is -0.491 e. The molecule has 2 aromatic carbocycles. The van der Waals surface area contributed by atoms with E-state index in [0.29, 0.717) is 19.0 Å². The van der Waals surface area contributed by atoms with E-state index in [9.17, 15) is 5.11 Å². The van der Waals surface area contributed by atoms with Crippen molar-refractivity contribution >= 4 is 29.9 Å². The first-order valence-electron chi connectivity index (χ1n) is 10.6. The van der Waals surface area contributed by atoms with Gasteiger partial charge in [0.25, 0.3) is 0 Å². The molecule has 7 heteroatoms. The van der Waals surface area contributed by atoms with Crippen LogP contribution in [0, 0.1) is 0 Å². The van der Waals surface area contributed by atoms with E-state index in [1.807, 2.05) is 51.1 Å². The molecule has 0 fully saturated rings. The lowest BCUT2D eigenvalue weighted by Gasteiger charge is -2.17. The minimum absolute atomic E-state index is 0. The molecule has 1 unspecified atom stereocenters. The highest BCUT2D eigenvalue weighted by molar-refractivity contribution is 14.0. The smallest absolute Gasteiger partial charge is 0.191 e. The van der Waals surface area contributed by atoms with Crippen LogP contribution in [0.25, 0.3) is 0 Å². The van der Waals surface area contributed by atoms with Crippen molar-refractivity contribution in [1.82, 2.24) is 15.5 Å². The molecule has 3 N–H and O–H groups in total.